The number of unbranched alkanes of at least 4 members (excludes halogenated alkanes) is 16. The zero-order chi connectivity index (χ0) is 57.1. The monoisotopic (exact) mass is 1090 g/mol. The third-order valence-corrected chi connectivity index (χ3v) is 12.7. The molecule has 0 aromatic carbocycles. The first-order chi connectivity index (χ1) is 39.0. The quantitative estimate of drug-likeness (QED) is 0.0261. The molecule has 6 heteroatoms. The molecular weight excluding hydrogens is 973 g/mol. The van der Waals surface area contributed by atoms with E-state index in [-0.39, 0.29) is 37.5 Å². The van der Waals surface area contributed by atoms with E-state index >= 15 is 0 Å². The van der Waals surface area contributed by atoms with Crippen LogP contribution in [-0.4, -0.2) is 37.2 Å². The summed E-state index contributed by atoms with van der Waals surface area (Å²) < 4.78 is 16.8. The van der Waals surface area contributed by atoms with Crippen LogP contribution in [0.25, 0.3) is 0 Å². The van der Waals surface area contributed by atoms with Crippen molar-refractivity contribution in [2.24, 2.45) is 0 Å². The predicted octanol–water partition coefficient (Wildman–Crippen LogP) is 21.9. The summed E-state index contributed by atoms with van der Waals surface area (Å²) in [6.45, 7) is 6.34. The maximum atomic E-state index is 12.8. The number of allylic oxidation sites excluding steroid dienone is 28. The smallest absolute Gasteiger partial charge is 0.306 e. The molecule has 0 aliphatic carbocycles. The molecule has 0 saturated carbocycles. The molecule has 0 bridgehead atoms. The van der Waals surface area contributed by atoms with Crippen LogP contribution in [0.1, 0.15) is 252 Å². The summed E-state index contributed by atoms with van der Waals surface area (Å²) in [5, 5.41) is 0. The van der Waals surface area contributed by atoms with Crippen molar-refractivity contribution >= 4 is 17.9 Å². The first-order valence-electron chi connectivity index (χ1n) is 31.6. The highest BCUT2D eigenvalue weighted by molar-refractivity contribution is 5.71. The number of hydrogen-bond donors (Lipinski definition) is 0. The molecule has 0 aliphatic rings. The molecule has 0 aliphatic heterocycles. The first kappa shape index (κ1) is 73.8. The lowest BCUT2D eigenvalue weighted by Gasteiger charge is -2.18. The van der Waals surface area contributed by atoms with Crippen molar-refractivity contribution in [3.63, 3.8) is 0 Å². The summed E-state index contributed by atoms with van der Waals surface area (Å²) in [6.07, 6.45) is 96.5. The van der Waals surface area contributed by atoms with Gasteiger partial charge in [-0.15, -0.1) is 0 Å². The molecule has 0 rings (SSSR count). The normalized spacial score (nSPS) is 13.3. The molecule has 0 saturated heterocycles. The Bertz CT molecular complexity index is 1820. The molecule has 0 N–H and O–H groups in total. The topological polar surface area (TPSA) is 78.9 Å². The first-order valence-corrected chi connectivity index (χ1v) is 31.6. The van der Waals surface area contributed by atoms with Gasteiger partial charge in [0.25, 0.3) is 0 Å². The van der Waals surface area contributed by atoms with Gasteiger partial charge in [-0.2, -0.15) is 0 Å². The SMILES string of the molecule is CC/C=C\C/C=C\C/C=C\C/C=C\C/C=C\C/C=C\C/C=C\C/C=C\C/C=C\C/C=C\CCCCCCC(=O)OCC(COC(=O)CCCCCCCCCCC)OC(=O)CCCCCC/C=C\C/C=C\C/C=C\C/C=C\CC. The average Bonchev–Trinajstić information content (AvgIpc) is 3.45. The largest absolute Gasteiger partial charge is 0.462 e. The third-order valence-electron chi connectivity index (χ3n) is 12.7. The van der Waals surface area contributed by atoms with E-state index in [4.69, 9.17) is 14.2 Å². The van der Waals surface area contributed by atoms with Gasteiger partial charge in [0.15, 0.2) is 6.10 Å². The molecule has 0 radical (unpaired) electrons. The zero-order valence-corrected chi connectivity index (χ0v) is 50.6. The Hall–Kier alpha value is -5.23. The van der Waals surface area contributed by atoms with Crippen LogP contribution in [0.2, 0.25) is 0 Å². The molecule has 0 aromatic rings. The summed E-state index contributed by atoms with van der Waals surface area (Å²) in [6, 6.07) is 0. The molecule has 0 spiro atoms. The number of carbonyl (C=O) groups excluding carboxylic acids is 3. The van der Waals surface area contributed by atoms with E-state index in [9.17, 15) is 14.4 Å². The Kier molecular flexibility index (Phi) is 61.0. The molecule has 442 valence electrons. The average molecular weight is 1090 g/mol. The second-order valence-electron chi connectivity index (χ2n) is 20.2. The maximum absolute atomic E-state index is 12.8. The molecular formula is C73H114O6. The van der Waals surface area contributed by atoms with Gasteiger partial charge in [-0.1, -0.05) is 268 Å². The fraction of sp³-hybridized carbons (Fsp3) is 0.575. The highest BCUT2D eigenvalue weighted by Crippen LogP contribution is 2.13. The number of rotatable bonds is 55. The number of carbonyl (C=O) groups is 3. The number of hydrogen-bond acceptors (Lipinski definition) is 6. The molecule has 1 atom stereocenters. The summed E-state index contributed by atoms with van der Waals surface area (Å²) in [7, 11) is 0. The molecule has 79 heavy (non-hydrogen) atoms. The zero-order valence-electron chi connectivity index (χ0n) is 50.6. The fourth-order valence-corrected chi connectivity index (χ4v) is 8.05. The maximum Gasteiger partial charge on any atom is 0.306 e. The van der Waals surface area contributed by atoms with Crippen LogP contribution in [0.5, 0.6) is 0 Å². The van der Waals surface area contributed by atoms with Gasteiger partial charge in [0.05, 0.1) is 0 Å². The van der Waals surface area contributed by atoms with Gasteiger partial charge >= 0.3 is 17.9 Å². The minimum absolute atomic E-state index is 0.102. The van der Waals surface area contributed by atoms with Crippen molar-refractivity contribution in [2.45, 2.75) is 258 Å². The highest BCUT2D eigenvalue weighted by atomic mass is 16.6. The Morgan fingerprint density at radius 2 is 0.494 bits per heavy atom. The van der Waals surface area contributed by atoms with Crippen LogP contribution in [0.15, 0.2) is 170 Å². The Morgan fingerprint density at radius 1 is 0.266 bits per heavy atom. The number of ether oxygens (including phenoxy) is 3. The van der Waals surface area contributed by atoms with Crippen molar-refractivity contribution < 1.29 is 28.6 Å². The molecule has 6 nitrogen and oxygen atoms in total. The fourth-order valence-electron chi connectivity index (χ4n) is 8.05. The van der Waals surface area contributed by atoms with Crippen LogP contribution in [-0.2, 0) is 28.6 Å². The van der Waals surface area contributed by atoms with Crippen LogP contribution in [0.4, 0.5) is 0 Å². The molecule has 1 unspecified atom stereocenters. The second-order valence-corrected chi connectivity index (χ2v) is 20.2. The summed E-state index contributed by atoms with van der Waals surface area (Å²) in [5.41, 5.74) is 0. The Labute approximate surface area is 485 Å². The standard InChI is InChI=1S/C73H114O6/c1-4-7-10-13-16-19-21-23-25-27-28-29-30-31-32-33-34-35-36-37-38-39-40-41-42-43-44-46-47-49-51-54-57-60-63-66-72(75)78-69-70(68-77-71(74)65-62-59-56-53-18-15-12-9-6-3)79-73(76)67-64-61-58-55-52-50-48-45-26-24-22-20-17-14-11-8-5-2/h7-8,10-11,16-17,19-20,23-26,28-29,31-32,34-35,37-38,40-41,43-44,47-50,70H,4-6,9,12-15,18,21-22,27,30,33,36,39,42,45-46,51-69H2,1-3H3/b10-7-,11-8-,19-16-,20-17-,25-23-,26-24-,29-28-,32-31-,35-34-,38-37-,41-40-,44-43-,49-47-,50-48-. The lowest BCUT2D eigenvalue weighted by molar-refractivity contribution is -0.167. The van der Waals surface area contributed by atoms with Crippen molar-refractivity contribution in [3.8, 4) is 0 Å². The van der Waals surface area contributed by atoms with E-state index in [1.54, 1.807) is 0 Å². The van der Waals surface area contributed by atoms with Crippen LogP contribution >= 0.6 is 0 Å². The van der Waals surface area contributed by atoms with Crippen molar-refractivity contribution in [1.29, 1.82) is 0 Å². The lowest BCUT2D eigenvalue weighted by atomic mass is 10.1. The summed E-state index contributed by atoms with van der Waals surface area (Å²) >= 11 is 0. The summed E-state index contributed by atoms with van der Waals surface area (Å²) in [5.74, 6) is -0.962. The minimum Gasteiger partial charge on any atom is -0.462 e. The van der Waals surface area contributed by atoms with Crippen molar-refractivity contribution in [2.75, 3.05) is 13.2 Å². The minimum atomic E-state index is -0.808. The van der Waals surface area contributed by atoms with Gasteiger partial charge in [-0.3, -0.25) is 14.4 Å². The van der Waals surface area contributed by atoms with E-state index < -0.39 is 6.10 Å². The van der Waals surface area contributed by atoms with E-state index in [1.807, 2.05) is 0 Å². The van der Waals surface area contributed by atoms with E-state index in [0.29, 0.717) is 12.8 Å². The van der Waals surface area contributed by atoms with E-state index in [0.717, 1.165) is 173 Å². The lowest BCUT2D eigenvalue weighted by Crippen LogP contribution is -2.30. The molecule has 0 amide bonds. The number of esters is 3. The van der Waals surface area contributed by atoms with Gasteiger partial charge < -0.3 is 14.2 Å². The molecule has 0 aromatic heterocycles. The van der Waals surface area contributed by atoms with Crippen LogP contribution < -0.4 is 0 Å². The van der Waals surface area contributed by atoms with E-state index in [1.165, 1.54) is 38.5 Å². The van der Waals surface area contributed by atoms with Gasteiger partial charge in [-0.25, -0.2) is 0 Å². The van der Waals surface area contributed by atoms with Crippen LogP contribution in [0, 0.1) is 0 Å². The predicted molar refractivity (Wildman–Crippen MR) is 343 cm³/mol. The van der Waals surface area contributed by atoms with Gasteiger partial charge in [0.1, 0.15) is 13.2 Å². The van der Waals surface area contributed by atoms with Crippen molar-refractivity contribution in [3.05, 3.63) is 170 Å². The van der Waals surface area contributed by atoms with E-state index in [2.05, 4.69) is 191 Å². The third kappa shape index (κ3) is 63.5. The second kappa shape index (κ2) is 65.3. The summed E-state index contributed by atoms with van der Waals surface area (Å²) in [4.78, 5) is 38.1. The highest BCUT2D eigenvalue weighted by Gasteiger charge is 2.19. The Balaban J connectivity index is 4.30. The molecule has 0 fully saturated rings. The van der Waals surface area contributed by atoms with Crippen molar-refractivity contribution in [1.82, 2.24) is 0 Å². The van der Waals surface area contributed by atoms with Gasteiger partial charge in [0, 0.05) is 19.3 Å². The Morgan fingerprint density at radius 3 is 0.772 bits per heavy atom. The van der Waals surface area contributed by atoms with Gasteiger partial charge in [0.2, 0.25) is 0 Å². The van der Waals surface area contributed by atoms with Crippen LogP contribution in [0.3, 0.4) is 0 Å². The molecule has 0 heterocycles. The van der Waals surface area contributed by atoms with Gasteiger partial charge in [-0.05, 0) is 135 Å².